The lowest BCUT2D eigenvalue weighted by molar-refractivity contribution is 1.13. The van der Waals surface area contributed by atoms with Crippen LogP contribution in [-0.2, 0) is 0 Å². The van der Waals surface area contributed by atoms with Crippen molar-refractivity contribution >= 4 is 94.1 Å². The maximum Gasteiger partial charge on any atom is 0.0706 e. The van der Waals surface area contributed by atoms with Crippen molar-refractivity contribution in [3.63, 3.8) is 0 Å². The smallest absolute Gasteiger partial charge is 0.0706 e. The van der Waals surface area contributed by atoms with E-state index in [0.717, 1.165) is 0 Å². The first-order valence-electron chi connectivity index (χ1n) is 17.8. The molecule has 8 heteroatoms. The van der Waals surface area contributed by atoms with Gasteiger partial charge in [0.15, 0.2) is 0 Å². The largest absolute Gasteiger partial charge is 0.378 e. The van der Waals surface area contributed by atoms with Gasteiger partial charge in [0, 0.05) is 98.8 Å². The number of rotatable bonds is 12. The Bertz CT molecular complexity index is 1830. The molecular formula is C46H48N4S4. The fourth-order valence-electron chi connectivity index (χ4n) is 5.50. The van der Waals surface area contributed by atoms with E-state index < -0.39 is 0 Å². The molecule has 54 heavy (non-hydrogen) atoms. The first-order chi connectivity index (χ1) is 26.0. The lowest BCUT2D eigenvalue weighted by Crippen LogP contribution is -2.07. The molecule has 0 radical (unpaired) electrons. The summed E-state index contributed by atoms with van der Waals surface area (Å²) in [6, 6.07) is 34.9. The van der Waals surface area contributed by atoms with Crippen LogP contribution >= 0.6 is 47.0 Å². The summed E-state index contributed by atoms with van der Waals surface area (Å²) in [5.74, 6) is 0. The fourth-order valence-corrected chi connectivity index (χ4v) is 10.8. The topological polar surface area (TPSA) is 13.0 Å². The molecule has 4 aromatic rings. The summed E-state index contributed by atoms with van der Waals surface area (Å²) in [4.78, 5) is 13.5. The second kappa shape index (κ2) is 18.3. The molecule has 0 fully saturated rings. The summed E-state index contributed by atoms with van der Waals surface area (Å²) in [6.45, 7) is 0. The molecule has 0 saturated heterocycles. The summed E-state index contributed by atoms with van der Waals surface area (Å²) >= 11 is 7.48. The normalized spacial score (nSPS) is 15.0. The zero-order valence-electron chi connectivity index (χ0n) is 32.3. The molecule has 0 atom stereocenters. The molecule has 0 spiro atoms. The van der Waals surface area contributed by atoms with Gasteiger partial charge in [0.25, 0.3) is 0 Å². The van der Waals surface area contributed by atoms with Gasteiger partial charge in [-0.25, -0.2) is 0 Å². The van der Waals surface area contributed by atoms with Crippen LogP contribution in [0.5, 0.6) is 0 Å². The Balaban J connectivity index is 1.29. The van der Waals surface area contributed by atoms with E-state index in [1.165, 1.54) is 73.1 Å². The van der Waals surface area contributed by atoms with Crippen molar-refractivity contribution in [3.05, 3.63) is 172 Å². The Kier molecular flexibility index (Phi) is 13.4. The molecule has 0 amide bonds. The molecule has 0 unspecified atom stereocenters. The Labute approximate surface area is 339 Å². The van der Waals surface area contributed by atoms with Crippen LogP contribution in [0.3, 0.4) is 0 Å². The van der Waals surface area contributed by atoms with Crippen LogP contribution in [0.15, 0.2) is 149 Å². The lowest BCUT2D eigenvalue weighted by Gasteiger charge is -2.11. The highest BCUT2D eigenvalue weighted by Crippen LogP contribution is 2.61. The van der Waals surface area contributed by atoms with E-state index in [4.69, 9.17) is 0 Å². The third-order valence-electron chi connectivity index (χ3n) is 8.81. The Morgan fingerprint density at radius 3 is 0.630 bits per heavy atom. The molecule has 4 nitrogen and oxygen atoms in total. The zero-order valence-corrected chi connectivity index (χ0v) is 35.5. The van der Waals surface area contributed by atoms with Gasteiger partial charge in [-0.3, -0.25) is 0 Å². The van der Waals surface area contributed by atoms with E-state index >= 15 is 0 Å². The van der Waals surface area contributed by atoms with Crippen LogP contribution in [0, 0.1) is 0 Å². The van der Waals surface area contributed by atoms with Gasteiger partial charge >= 0.3 is 0 Å². The van der Waals surface area contributed by atoms with E-state index in [1.54, 1.807) is 0 Å². The van der Waals surface area contributed by atoms with Crippen molar-refractivity contribution in [2.24, 2.45) is 0 Å². The van der Waals surface area contributed by atoms with Gasteiger partial charge in [0.1, 0.15) is 0 Å². The molecule has 276 valence electrons. The predicted octanol–water partition coefficient (Wildman–Crippen LogP) is 12.6. The fraction of sp³-hybridized carbons (Fsp3) is 0.174. The van der Waals surface area contributed by atoms with Crippen LogP contribution in [0.4, 0.5) is 22.7 Å². The third-order valence-corrected chi connectivity index (χ3v) is 14.4. The highest BCUT2D eigenvalue weighted by atomic mass is 32.2. The monoisotopic (exact) mass is 784 g/mol. The first-order valence-corrected chi connectivity index (χ1v) is 21.0. The summed E-state index contributed by atoms with van der Waals surface area (Å²) < 4.78 is 2.63. The van der Waals surface area contributed by atoms with E-state index in [9.17, 15) is 0 Å². The lowest BCUT2D eigenvalue weighted by atomic mass is 10.1. The molecule has 0 N–H and O–H groups in total. The summed E-state index contributed by atoms with van der Waals surface area (Å²) in [5.41, 5.74) is 9.53. The van der Waals surface area contributed by atoms with E-state index in [2.05, 4.69) is 222 Å². The van der Waals surface area contributed by atoms with Gasteiger partial charge in [-0.05, 0) is 95.1 Å². The van der Waals surface area contributed by atoms with Gasteiger partial charge in [-0.2, -0.15) is 0 Å². The van der Waals surface area contributed by atoms with Crippen molar-refractivity contribution in [3.8, 4) is 0 Å². The molecule has 0 bridgehead atoms. The van der Waals surface area contributed by atoms with E-state index in [-0.39, 0.29) is 0 Å². The SMILES string of the molecule is CN(C)c1ccc(/C=C/C2=C(/C=C/c3ccc(N(C)C)cc3)SC(=C3SC(/C=C/c4ccc(N(C)C)cc4)=C(/C=C/c4ccc(N(C)C)cc4)S3)S2)cc1. The summed E-state index contributed by atoms with van der Waals surface area (Å²) in [5, 5.41) is 0. The summed E-state index contributed by atoms with van der Waals surface area (Å²) in [6.07, 6.45) is 18.0. The average molecular weight is 785 g/mol. The van der Waals surface area contributed by atoms with Crippen LogP contribution < -0.4 is 19.6 Å². The van der Waals surface area contributed by atoms with Crippen molar-refractivity contribution < 1.29 is 0 Å². The second-order valence-corrected chi connectivity index (χ2v) is 18.4. The van der Waals surface area contributed by atoms with Gasteiger partial charge in [0.05, 0.1) is 8.47 Å². The molecule has 2 aliphatic heterocycles. The Morgan fingerprint density at radius 1 is 0.278 bits per heavy atom. The quantitative estimate of drug-likeness (QED) is 0.139. The van der Waals surface area contributed by atoms with Crippen LogP contribution in [0.25, 0.3) is 24.3 Å². The van der Waals surface area contributed by atoms with Crippen LogP contribution in [-0.4, -0.2) is 56.4 Å². The predicted molar refractivity (Wildman–Crippen MR) is 251 cm³/mol. The molecule has 0 aromatic heterocycles. The minimum Gasteiger partial charge on any atom is -0.378 e. The first kappa shape index (κ1) is 39.4. The summed E-state index contributed by atoms with van der Waals surface area (Å²) in [7, 11) is 16.6. The Hall–Kier alpha value is -4.34. The number of hydrogen-bond donors (Lipinski definition) is 0. The molecular weight excluding hydrogens is 737 g/mol. The number of anilines is 4. The molecule has 2 heterocycles. The minimum absolute atomic E-state index is 1.19. The number of benzene rings is 4. The van der Waals surface area contributed by atoms with Gasteiger partial charge in [-0.1, -0.05) is 120 Å². The van der Waals surface area contributed by atoms with Crippen molar-refractivity contribution in [2.75, 3.05) is 76.0 Å². The average Bonchev–Trinajstić information content (AvgIpc) is 3.79. The molecule has 0 saturated carbocycles. The molecule has 2 aliphatic rings. The van der Waals surface area contributed by atoms with Crippen molar-refractivity contribution in [1.82, 2.24) is 0 Å². The molecule has 4 aromatic carbocycles. The number of allylic oxidation sites excluding steroid dienone is 4. The minimum atomic E-state index is 1.19. The second-order valence-electron chi connectivity index (χ2n) is 13.7. The van der Waals surface area contributed by atoms with Crippen LogP contribution in [0.1, 0.15) is 22.3 Å². The number of thioether (sulfide) groups is 4. The zero-order chi connectivity index (χ0) is 38.2. The van der Waals surface area contributed by atoms with Gasteiger partial charge in [-0.15, -0.1) is 0 Å². The van der Waals surface area contributed by atoms with Crippen molar-refractivity contribution in [2.45, 2.75) is 0 Å². The van der Waals surface area contributed by atoms with E-state index in [1.807, 2.05) is 47.0 Å². The molecule has 6 rings (SSSR count). The van der Waals surface area contributed by atoms with Crippen molar-refractivity contribution in [1.29, 1.82) is 0 Å². The van der Waals surface area contributed by atoms with Crippen LogP contribution in [0.2, 0.25) is 0 Å². The maximum atomic E-state index is 2.28. The highest BCUT2D eigenvalue weighted by molar-refractivity contribution is 8.34. The van der Waals surface area contributed by atoms with Gasteiger partial charge in [0.2, 0.25) is 0 Å². The van der Waals surface area contributed by atoms with Gasteiger partial charge < -0.3 is 19.6 Å². The third kappa shape index (κ3) is 10.4. The number of hydrogen-bond acceptors (Lipinski definition) is 8. The Morgan fingerprint density at radius 2 is 0.463 bits per heavy atom. The maximum absolute atomic E-state index is 2.28. The molecule has 0 aliphatic carbocycles. The number of nitrogens with zero attached hydrogens (tertiary/aromatic N) is 4. The van der Waals surface area contributed by atoms with E-state index in [0.29, 0.717) is 0 Å². The standard InChI is InChI=1S/C46H48N4S4/c1-47(2)37-21-9-33(10-22-37)17-29-41-42(30-18-34-11-23-38(24-12-34)48(3)4)52-45(51-41)46-53-43(31-19-35-13-25-39(26-14-35)49(5)6)44(54-46)32-20-36-15-27-40(28-16-36)50(7)8/h9-32H,1-8H3/b29-17+,30-18+,31-19+,32-20+. The highest BCUT2D eigenvalue weighted by Gasteiger charge is 2.27.